The molecule has 8 heteroatoms. The van der Waals surface area contributed by atoms with Gasteiger partial charge in [0.05, 0.1) is 23.4 Å². The van der Waals surface area contributed by atoms with Crippen LogP contribution in [-0.4, -0.2) is 47.3 Å². The Balaban J connectivity index is 1.51. The van der Waals surface area contributed by atoms with E-state index in [2.05, 4.69) is 0 Å². The van der Waals surface area contributed by atoms with Gasteiger partial charge < -0.3 is 19.3 Å². The molecule has 0 aromatic heterocycles. The van der Waals surface area contributed by atoms with Gasteiger partial charge in [-0.1, -0.05) is 6.92 Å². The largest absolute Gasteiger partial charge is 0.481 e. The zero-order valence-electron chi connectivity index (χ0n) is 24.7. The van der Waals surface area contributed by atoms with E-state index in [-0.39, 0.29) is 36.1 Å². The van der Waals surface area contributed by atoms with Crippen LogP contribution in [0.25, 0.3) is 0 Å². The highest BCUT2D eigenvalue weighted by Crippen LogP contribution is 2.63. The summed E-state index contributed by atoms with van der Waals surface area (Å²) in [5.41, 5.74) is -3.38. The van der Waals surface area contributed by atoms with Crippen molar-refractivity contribution in [1.29, 1.82) is 0 Å². The van der Waals surface area contributed by atoms with Crippen molar-refractivity contribution < 1.29 is 38.5 Å². The van der Waals surface area contributed by atoms with Gasteiger partial charge in [0.15, 0.2) is 0 Å². The maximum atomic E-state index is 13.8. The predicted octanol–water partition coefficient (Wildman–Crippen LogP) is 5.70. The van der Waals surface area contributed by atoms with Gasteiger partial charge in [-0.05, 0) is 105 Å². The molecule has 4 aliphatic carbocycles. The lowest BCUT2D eigenvalue weighted by Gasteiger charge is -2.60. The molecular formula is C31H48O8. The van der Waals surface area contributed by atoms with Gasteiger partial charge in [0, 0.05) is 23.7 Å². The van der Waals surface area contributed by atoms with Crippen LogP contribution in [0.3, 0.4) is 0 Å². The maximum Gasteiger partial charge on any atom is 0.314 e. The number of Topliss-reactive ketones (excluding diaryl/α,β-unsaturated/α-hetero) is 1. The number of aliphatic carboxylic acids is 1. The first-order valence-corrected chi connectivity index (χ1v) is 14.9. The number of rotatable bonds is 11. The smallest absolute Gasteiger partial charge is 0.314 e. The van der Waals surface area contributed by atoms with Crippen LogP contribution >= 0.6 is 0 Å². The summed E-state index contributed by atoms with van der Waals surface area (Å²) >= 11 is 0. The normalized spacial score (nSPS) is 32.8. The average molecular weight is 549 g/mol. The molecule has 5 atom stereocenters. The fraction of sp³-hybridized carbons (Fsp3) is 0.871. The van der Waals surface area contributed by atoms with E-state index in [1.807, 2.05) is 20.8 Å². The second kappa shape index (κ2) is 10.8. The van der Waals surface area contributed by atoms with Crippen molar-refractivity contribution in [2.45, 2.75) is 124 Å². The minimum atomic E-state index is -1.22. The lowest BCUT2D eigenvalue weighted by atomic mass is 9.45. The Labute approximate surface area is 232 Å². The van der Waals surface area contributed by atoms with E-state index in [1.54, 1.807) is 20.8 Å². The summed E-state index contributed by atoms with van der Waals surface area (Å²) in [7, 11) is 0. The third-order valence-corrected chi connectivity index (χ3v) is 10.4. The Kier molecular flexibility index (Phi) is 8.30. The lowest BCUT2D eigenvalue weighted by Crippen LogP contribution is -2.60. The van der Waals surface area contributed by atoms with Gasteiger partial charge in [0.25, 0.3) is 0 Å². The molecule has 1 N–H and O–H groups in total. The minimum Gasteiger partial charge on any atom is -0.481 e. The molecule has 4 saturated carbocycles. The highest BCUT2D eigenvalue weighted by molar-refractivity contribution is 5.86. The average Bonchev–Trinajstić information content (AvgIpc) is 2.85. The number of carboxylic acids is 1. The van der Waals surface area contributed by atoms with E-state index in [4.69, 9.17) is 14.2 Å². The molecule has 39 heavy (non-hydrogen) atoms. The summed E-state index contributed by atoms with van der Waals surface area (Å²) in [5.74, 6) is -1.45. The van der Waals surface area contributed by atoms with Gasteiger partial charge in [0.1, 0.15) is 11.4 Å². The van der Waals surface area contributed by atoms with E-state index < -0.39 is 40.6 Å². The summed E-state index contributed by atoms with van der Waals surface area (Å²) in [6, 6.07) is 0. The summed E-state index contributed by atoms with van der Waals surface area (Å²) in [4.78, 5) is 52.1. The Morgan fingerprint density at radius 2 is 1.69 bits per heavy atom. The molecule has 0 aromatic carbocycles. The number of esters is 2. The van der Waals surface area contributed by atoms with E-state index in [0.717, 1.165) is 44.9 Å². The van der Waals surface area contributed by atoms with Crippen LogP contribution in [0.15, 0.2) is 0 Å². The van der Waals surface area contributed by atoms with Crippen molar-refractivity contribution in [3.05, 3.63) is 0 Å². The monoisotopic (exact) mass is 548 g/mol. The quantitative estimate of drug-likeness (QED) is 0.327. The van der Waals surface area contributed by atoms with Crippen molar-refractivity contribution in [2.24, 2.45) is 39.9 Å². The number of hydrogen-bond donors (Lipinski definition) is 1. The Morgan fingerprint density at radius 1 is 1.05 bits per heavy atom. The molecular weight excluding hydrogens is 500 g/mol. The predicted molar refractivity (Wildman–Crippen MR) is 143 cm³/mol. The minimum absolute atomic E-state index is 0.0190. The molecule has 5 aliphatic rings. The van der Waals surface area contributed by atoms with Crippen molar-refractivity contribution >= 4 is 23.7 Å². The molecule has 8 nitrogen and oxygen atoms in total. The molecule has 0 aromatic rings. The fourth-order valence-corrected chi connectivity index (χ4v) is 8.21. The van der Waals surface area contributed by atoms with E-state index in [0.29, 0.717) is 31.1 Å². The molecule has 0 radical (unpaired) electrons. The van der Waals surface area contributed by atoms with Crippen molar-refractivity contribution in [3.8, 4) is 0 Å². The number of hydrogen-bond acceptors (Lipinski definition) is 7. The maximum absolute atomic E-state index is 13.8. The topological polar surface area (TPSA) is 116 Å². The van der Waals surface area contributed by atoms with Crippen LogP contribution in [-0.2, 0) is 33.4 Å². The van der Waals surface area contributed by atoms with Crippen LogP contribution in [0.4, 0.5) is 0 Å². The molecule has 0 spiro atoms. The van der Waals surface area contributed by atoms with Crippen LogP contribution in [0.2, 0.25) is 0 Å². The fourth-order valence-electron chi connectivity index (χ4n) is 8.21. The summed E-state index contributed by atoms with van der Waals surface area (Å²) in [6.07, 6.45) is 6.79. The second-order valence-electron chi connectivity index (χ2n) is 14.4. The van der Waals surface area contributed by atoms with Gasteiger partial charge in [-0.2, -0.15) is 0 Å². The third-order valence-electron chi connectivity index (χ3n) is 10.4. The van der Waals surface area contributed by atoms with E-state index >= 15 is 0 Å². The van der Waals surface area contributed by atoms with E-state index in [1.165, 1.54) is 0 Å². The first-order valence-electron chi connectivity index (χ1n) is 14.9. The summed E-state index contributed by atoms with van der Waals surface area (Å²) < 4.78 is 17.7. The number of carbonyl (C=O) groups is 4. The van der Waals surface area contributed by atoms with Crippen LogP contribution in [0, 0.1) is 39.9 Å². The lowest BCUT2D eigenvalue weighted by molar-refractivity contribution is -0.205. The van der Waals surface area contributed by atoms with Crippen LogP contribution < -0.4 is 0 Å². The van der Waals surface area contributed by atoms with Crippen LogP contribution in [0.5, 0.6) is 0 Å². The number of ether oxygens (including phenoxy) is 3. The first kappa shape index (κ1) is 30.0. The highest BCUT2D eigenvalue weighted by Gasteiger charge is 2.62. The Bertz CT molecular complexity index is 959. The van der Waals surface area contributed by atoms with Crippen molar-refractivity contribution in [1.82, 2.24) is 0 Å². The Morgan fingerprint density at radius 3 is 2.23 bits per heavy atom. The molecule has 5 rings (SSSR count). The standard InChI is InChI=1S/C31H48O8/c1-7-20(15-30(6,18-28(2,3)26(34)35)27(36)38-23-10-8-9-11-37-23)25(33)39-29(4,5)31-14-19-12-21(16-31)24(32)22(13-19)17-31/h19-23H,7-18H2,1-6H3,(H,34,35). The first-order chi connectivity index (χ1) is 18.1. The van der Waals surface area contributed by atoms with Gasteiger partial charge in [-0.25, -0.2) is 0 Å². The van der Waals surface area contributed by atoms with Crippen molar-refractivity contribution in [3.63, 3.8) is 0 Å². The molecule has 4 bridgehead atoms. The number of carboxylic acid groups (broad SMARTS) is 1. The molecule has 1 heterocycles. The summed E-state index contributed by atoms with van der Waals surface area (Å²) in [6.45, 7) is 11.3. The number of carbonyl (C=O) groups excluding carboxylic acids is 3. The highest BCUT2D eigenvalue weighted by atomic mass is 16.7. The molecule has 1 aliphatic heterocycles. The van der Waals surface area contributed by atoms with Gasteiger partial charge in [-0.3, -0.25) is 19.2 Å². The van der Waals surface area contributed by atoms with Crippen molar-refractivity contribution in [2.75, 3.05) is 6.61 Å². The van der Waals surface area contributed by atoms with Gasteiger partial charge >= 0.3 is 17.9 Å². The molecule has 220 valence electrons. The second-order valence-corrected chi connectivity index (χ2v) is 14.4. The third kappa shape index (κ3) is 5.91. The van der Waals surface area contributed by atoms with E-state index in [9.17, 15) is 24.3 Å². The van der Waals surface area contributed by atoms with Gasteiger partial charge in [0.2, 0.25) is 6.29 Å². The molecule has 1 saturated heterocycles. The SMILES string of the molecule is CCC(CC(C)(CC(C)(C)C(=O)O)C(=O)OC1CCCCO1)C(=O)OC(C)(C)C12CC3CC(C1)C(=O)C(C3)C2. The van der Waals surface area contributed by atoms with Crippen LogP contribution in [0.1, 0.15) is 112 Å². The molecule has 5 fully saturated rings. The zero-order valence-corrected chi connectivity index (χ0v) is 24.7. The van der Waals surface area contributed by atoms with Gasteiger partial charge in [-0.15, -0.1) is 0 Å². The molecule has 5 unspecified atom stereocenters. The summed E-state index contributed by atoms with van der Waals surface area (Å²) in [5, 5.41) is 9.84. The zero-order chi connectivity index (χ0) is 28.8. The molecule has 0 amide bonds. The number of ketones is 1. The Hall–Kier alpha value is -1.96.